The maximum atomic E-state index is 13.1. The zero-order chi connectivity index (χ0) is 16.0. The minimum Gasteiger partial charge on any atom is -0.302 e. The molecule has 5 heteroatoms. The molecule has 120 valence electrons. The summed E-state index contributed by atoms with van der Waals surface area (Å²) in [6, 6.07) is 0.136. The first-order valence-electron chi connectivity index (χ1n) is 8.08. The molecule has 0 aliphatic heterocycles. The first-order chi connectivity index (χ1) is 10.4. The molecule has 0 N–H and O–H groups in total. The molecule has 4 nitrogen and oxygen atoms in total. The van der Waals surface area contributed by atoms with Crippen molar-refractivity contribution in [3.63, 3.8) is 0 Å². The predicted octanol–water partition coefficient (Wildman–Crippen LogP) is 3.23. The summed E-state index contributed by atoms with van der Waals surface area (Å²) in [5.41, 5.74) is 1.44. The van der Waals surface area contributed by atoms with Crippen LogP contribution in [-0.4, -0.2) is 28.5 Å². The van der Waals surface area contributed by atoms with Gasteiger partial charge >= 0.3 is 0 Å². The van der Waals surface area contributed by atoms with E-state index in [2.05, 4.69) is 25.7 Å². The van der Waals surface area contributed by atoms with Crippen molar-refractivity contribution in [3.05, 3.63) is 26.6 Å². The molecule has 1 aliphatic rings. The van der Waals surface area contributed by atoms with Crippen molar-refractivity contribution in [2.75, 3.05) is 14.1 Å². The maximum Gasteiger partial charge on any atom is 0.262 e. The number of thiophene rings is 1. The van der Waals surface area contributed by atoms with Crippen molar-refractivity contribution in [2.24, 2.45) is 5.92 Å². The Labute approximate surface area is 135 Å². The largest absolute Gasteiger partial charge is 0.302 e. The normalized spacial score (nSPS) is 18.4. The molecule has 0 saturated heterocycles. The first-order valence-corrected chi connectivity index (χ1v) is 8.90. The summed E-state index contributed by atoms with van der Waals surface area (Å²) in [6.07, 6.45) is 3.30. The van der Waals surface area contributed by atoms with Crippen LogP contribution in [0.4, 0.5) is 0 Å². The topological polar surface area (TPSA) is 38.1 Å². The van der Waals surface area contributed by atoms with Gasteiger partial charge in [-0.05, 0) is 58.7 Å². The van der Waals surface area contributed by atoms with Crippen LogP contribution in [0.5, 0.6) is 0 Å². The number of aryl methyl sites for hydroxylation is 1. The lowest BCUT2D eigenvalue weighted by molar-refractivity contribution is 0.369. The molecule has 0 spiro atoms. The lowest BCUT2D eigenvalue weighted by Crippen LogP contribution is -2.29. The summed E-state index contributed by atoms with van der Waals surface area (Å²) in [6.45, 7) is 7.12. The van der Waals surface area contributed by atoms with E-state index < -0.39 is 0 Å². The number of hydrogen-bond donors (Lipinski definition) is 0. The highest BCUT2D eigenvalue weighted by Gasteiger charge is 2.25. The third-order valence-electron chi connectivity index (χ3n) is 4.41. The van der Waals surface area contributed by atoms with Crippen LogP contribution in [0.25, 0.3) is 10.2 Å². The molecule has 1 atom stereocenters. The van der Waals surface area contributed by atoms with Gasteiger partial charge < -0.3 is 4.90 Å². The number of aromatic nitrogens is 2. The fourth-order valence-electron chi connectivity index (χ4n) is 3.37. The summed E-state index contributed by atoms with van der Waals surface area (Å²) in [7, 11) is 4.03. The average molecular weight is 319 g/mol. The summed E-state index contributed by atoms with van der Waals surface area (Å²) < 4.78 is 1.88. The van der Waals surface area contributed by atoms with Crippen LogP contribution in [0.3, 0.4) is 0 Å². The van der Waals surface area contributed by atoms with Gasteiger partial charge in [-0.1, -0.05) is 6.92 Å². The van der Waals surface area contributed by atoms with E-state index in [1.165, 1.54) is 16.9 Å². The van der Waals surface area contributed by atoms with E-state index in [0.29, 0.717) is 12.5 Å². The van der Waals surface area contributed by atoms with Crippen molar-refractivity contribution in [2.45, 2.75) is 52.6 Å². The predicted molar refractivity (Wildman–Crippen MR) is 92.8 cm³/mol. The van der Waals surface area contributed by atoms with E-state index >= 15 is 0 Å². The van der Waals surface area contributed by atoms with Crippen molar-refractivity contribution in [3.8, 4) is 0 Å². The smallest absolute Gasteiger partial charge is 0.262 e. The molecule has 0 aromatic carbocycles. The number of fused-ring (bicyclic) bond motifs is 3. The van der Waals surface area contributed by atoms with Crippen LogP contribution >= 0.6 is 11.3 Å². The van der Waals surface area contributed by atoms with Gasteiger partial charge in [-0.2, -0.15) is 0 Å². The van der Waals surface area contributed by atoms with E-state index in [-0.39, 0.29) is 11.6 Å². The van der Waals surface area contributed by atoms with E-state index in [1.54, 1.807) is 11.3 Å². The van der Waals surface area contributed by atoms with E-state index in [0.717, 1.165) is 28.9 Å². The second-order valence-corrected chi connectivity index (χ2v) is 8.15. The van der Waals surface area contributed by atoms with Crippen molar-refractivity contribution in [1.29, 1.82) is 0 Å². The molecule has 22 heavy (non-hydrogen) atoms. The van der Waals surface area contributed by atoms with Crippen LogP contribution in [0.1, 0.15) is 49.5 Å². The van der Waals surface area contributed by atoms with Crippen molar-refractivity contribution < 1.29 is 0 Å². The van der Waals surface area contributed by atoms with Gasteiger partial charge in [-0.15, -0.1) is 11.3 Å². The molecule has 2 aromatic heterocycles. The van der Waals surface area contributed by atoms with E-state index in [4.69, 9.17) is 4.98 Å². The Balaban J connectivity index is 2.26. The van der Waals surface area contributed by atoms with Crippen LogP contribution in [0, 0.1) is 5.92 Å². The fourth-order valence-corrected chi connectivity index (χ4v) is 4.76. The third kappa shape index (κ3) is 2.61. The summed E-state index contributed by atoms with van der Waals surface area (Å²) in [4.78, 5) is 22.4. The number of hydrogen-bond acceptors (Lipinski definition) is 4. The highest BCUT2D eigenvalue weighted by atomic mass is 32.1. The quantitative estimate of drug-likeness (QED) is 0.872. The Morgan fingerprint density at radius 1 is 1.41 bits per heavy atom. The minimum atomic E-state index is 0.136. The third-order valence-corrected chi connectivity index (χ3v) is 5.56. The molecule has 0 amide bonds. The van der Waals surface area contributed by atoms with Gasteiger partial charge in [-0.25, -0.2) is 4.98 Å². The van der Waals surface area contributed by atoms with Crippen LogP contribution in [-0.2, 0) is 19.4 Å². The standard InChI is InChI=1S/C17H25N3OS/c1-10(2)20-14(9-19(4)5)18-16-15(17(20)21)12-7-6-11(3)8-13(12)22-16/h10-11H,6-9H2,1-5H3. The number of rotatable bonds is 3. The van der Waals surface area contributed by atoms with Crippen LogP contribution < -0.4 is 5.56 Å². The lowest BCUT2D eigenvalue weighted by atomic mass is 9.89. The van der Waals surface area contributed by atoms with Gasteiger partial charge in [0.2, 0.25) is 0 Å². The average Bonchev–Trinajstić information content (AvgIpc) is 2.74. The van der Waals surface area contributed by atoms with Gasteiger partial charge in [-0.3, -0.25) is 9.36 Å². The second-order valence-electron chi connectivity index (χ2n) is 7.07. The Hall–Kier alpha value is -1.20. The monoisotopic (exact) mass is 319 g/mol. The highest BCUT2D eigenvalue weighted by Crippen LogP contribution is 2.36. The zero-order valence-corrected chi connectivity index (χ0v) is 15.0. The van der Waals surface area contributed by atoms with Crippen molar-refractivity contribution >= 4 is 21.6 Å². The Kier molecular flexibility index (Phi) is 4.12. The molecule has 0 saturated carbocycles. The highest BCUT2D eigenvalue weighted by molar-refractivity contribution is 7.18. The van der Waals surface area contributed by atoms with Crippen molar-refractivity contribution in [1.82, 2.24) is 14.5 Å². The fraction of sp³-hybridized carbons (Fsp3) is 0.647. The molecular formula is C17H25N3OS. The van der Waals surface area contributed by atoms with Crippen LogP contribution in [0.2, 0.25) is 0 Å². The van der Waals surface area contributed by atoms with Crippen LogP contribution in [0.15, 0.2) is 4.79 Å². The SMILES string of the molecule is CC1CCc2c(sc3nc(CN(C)C)n(C(C)C)c(=O)c23)C1. The van der Waals surface area contributed by atoms with E-state index in [1.807, 2.05) is 18.7 Å². The molecule has 0 fully saturated rings. The van der Waals surface area contributed by atoms with Gasteiger partial charge in [0.1, 0.15) is 10.7 Å². The Morgan fingerprint density at radius 3 is 2.77 bits per heavy atom. The number of nitrogens with zero attached hydrogens (tertiary/aromatic N) is 3. The summed E-state index contributed by atoms with van der Waals surface area (Å²) in [5, 5.41) is 0.892. The lowest BCUT2D eigenvalue weighted by Gasteiger charge is -2.19. The molecule has 2 heterocycles. The molecule has 2 aromatic rings. The Morgan fingerprint density at radius 2 is 2.14 bits per heavy atom. The minimum absolute atomic E-state index is 0.136. The Bertz CT molecular complexity index is 757. The van der Waals surface area contributed by atoms with E-state index in [9.17, 15) is 4.79 Å². The molecule has 3 rings (SSSR count). The molecule has 0 bridgehead atoms. The van der Waals surface area contributed by atoms with Gasteiger partial charge in [0.05, 0.1) is 11.9 Å². The second kappa shape index (κ2) is 5.78. The summed E-state index contributed by atoms with van der Waals surface area (Å²) in [5.74, 6) is 1.60. The maximum absolute atomic E-state index is 13.1. The molecule has 0 radical (unpaired) electrons. The first kappa shape index (κ1) is 15.7. The van der Waals surface area contributed by atoms with Gasteiger partial charge in [0.15, 0.2) is 0 Å². The zero-order valence-electron chi connectivity index (χ0n) is 14.1. The summed E-state index contributed by atoms with van der Waals surface area (Å²) >= 11 is 1.74. The molecule has 1 aliphatic carbocycles. The molecule has 1 unspecified atom stereocenters. The van der Waals surface area contributed by atoms with Gasteiger partial charge in [0, 0.05) is 10.9 Å². The molecular weight excluding hydrogens is 294 g/mol. The van der Waals surface area contributed by atoms with Gasteiger partial charge in [0.25, 0.3) is 5.56 Å².